The fraction of sp³-hybridized carbons (Fsp3) is 0.429. The Morgan fingerprint density at radius 2 is 2.18 bits per heavy atom. The molecule has 8 heteroatoms. The van der Waals surface area contributed by atoms with E-state index in [4.69, 9.17) is 4.74 Å². The van der Waals surface area contributed by atoms with Crippen LogP contribution in [0.4, 0.5) is 5.82 Å². The number of hydrogen-bond acceptors (Lipinski definition) is 5. The minimum absolute atomic E-state index is 0.174. The van der Waals surface area contributed by atoms with Crippen molar-refractivity contribution in [3.05, 3.63) is 29.2 Å². The third-order valence-electron chi connectivity index (χ3n) is 2.96. The number of aromatic nitrogens is 4. The number of hydrogen-bond donors (Lipinski definition) is 2. The fourth-order valence-corrected chi connectivity index (χ4v) is 1.98. The summed E-state index contributed by atoms with van der Waals surface area (Å²) in [6.07, 6.45) is 1.75. The molecule has 0 fully saturated rings. The molecule has 2 aromatic rings. The van der Waals surface area contributed by atoms with Gasteiger partial charge in [0.25, 0.3) is 5.91 Å². The third-order valence-corrected chi connectivity index (χ3v) is 2.96. The number of aryl methyl sites for hydroxylation is 3. The Hall–Kier alpha value is -2.64. The topological polar surface area (TPSA) is 102 Å². The van der Waals surface area contributed by atoms with Crippen LogP contribution in [0.2, 0.25) is 0 Å². The lowest BCUT2D eigenvalue weighted by Crippen LogP contribution is -2.22. The first-order valence-electron chi connectivity index (χ1n) is 7.01. The van der Waals surface area contributed by atoms with E-state index < -0.39 is 11.9 Å². The molecule has 2 heterocycles. The van der Waals surface area contributed by atoms with Crippen LogP contribution < -0.4 is 5.32 Å². The smallest absolute Gasteiger partial charge is 0.359 e. The van der Waals surface area contributed by atoms with E-state index in [0.717, 1.165) is 24.2 Å². The van der Waals surface area contributed by atoms with Gasteiger partial charge in [-0.25, -0.2) is 4.79 Å². The van der Waals surface area contributed by atoms with Crippen molar-refractivity contribution in [2.75, 3.05) is 11.9 Å². The van der Waals surface area contributed by atoms with Crippen molar-refractivity contribution in [1.82, 2.24) is 20.0 Å². The van der Waals surface area contributed by atoms with E-state index in [0.29, 0.717) is 5.82 Å². The third kappa shape index (κ3) is 3.94. The molecule has 22 heavy (non-hydrogen) atoms. The lowest BCUT2D eigenvalue weighted by Gasteiger charge is -2.05. The quantitative estimate of drug-likeness (QED) is 0.781. The Morgan fingerprint density at radius 3 is 2.82 bits per heavy atom. The van der Waals surface area contributed by atoms with Gasteiger partial charge in [0.15, 0.2) is 12.3 Å². The number of carbonyl (C=O) groups excluding carboxylic acids is 2. The first-order chi connectivity index (χ1) is 10.5. The highest BCUT2D eigenvalue weighted by molar-refractivity contribution is 5.94. The van der Waals surface area contributed by atoms with Gasteiger partial charge in [-0.3, -0.25) is 14.6 Å². The molecule has 1 amide bonds. The van der Waals surface area contributed by atoms with Crippen molar-refractivity contribution in [2.45, 2.75) is 26.7 Å². The molecule has 0 saturated carbocycles. The highest BCUT2D eigenvalue weighted by Crippen LogP contribution is 2.08. The number of aromatic amines is 1. The standard InChI is InChI=1S/C14H19N5O3/c1-4-5-10-7-11(17-16-10)14(21)22-8-13(20)15-12-6-9(2)18-19(12)3/h6-7H,4-5,8H2,1-3H3,(H,15,20)(H,16,17). The van der Waals surface area contributed by atoms with Crippen LogP contribution in [0.1, 0.15) is 35.2 Å². The van der Waals surface area contributed by atoms with Crippen LogP contribution in [0.15, 0.2) is 12.1 Å². The maximum absolute atomic E-state index is 11.8. The molecule has 0 aliphatic carbocycles. The number of nitrogens with zero attached hydrogens (tertiary/aromatic N) is 3. The Kier molecular flexibility index (Phi) is 4.92. The second kappa shape index (κ2) is 6.88. The van der Waals surface area contributed by atoms with E-state index in [1.54, 1.807) is 23.9 Å². The minimum atomic E-state index is -0.630. The largest absolute Gasteiger partial charge is 0.451 e. The van der Waals surface area contributed by atoms with Crippen LogP contribution in [-0.2, 0) is 23.0 Å². The first kappa shape index (κ1) is 15.7. The van der Waals surface area contributed by atoms with Crippen LogP contribution in [0.3, 0.4) is 0 Å². The molecule has 0 atom stereocenters. The summed E-state index contributed by atoms with van der Waals surface area (Å²) in [7, 11) is 1.72. The van der Waals surface area contributed by atoms with Crippen molar-refractivity contribution in [3.63, 3.8) is 0 Å². The molecule has 2 rings (SSSR count). The number of carbonyl (C=O) groups is 2. The minimum Gasteiger partial charge on any atom is -0.451 e. The van der Waals surface area contributed by atoms with Crippen LogP contribution in [0, 0.1) is 6.92 Å². The van der Waals surface area contributed by atoms with Gasteiger partial charge < -0.3 is 10.1 Å². The molecule has 0 saturated heterocycles. The molecule has 0 aliphatic rings. The van der Waals surface area contributed by atoms with Gasteiger partial charge in [0, 0.05) is 18.8 Å². The summed E-state index contributed by atoms with van der Waals surface area (Å²) in [5.74, 6) is -0.515. The number of anilines is 1. The van der Waals surface area contributed by atoms with Gasteiger partial charge in [0.05, 0.1) is 5.69 Å². The number of ether oxygens (including phenoxy) is 1. The van der Waals surface area contributed by atoms with E-state index in [1.165, 1.54) is 0 Å². The molecular formula is C14H19N5O3. The van der Waals surface area contributed by atoms with Crippen LogP contribution in [-0.4, -0.2) is 38.5 Å². The fourth-order valence-electron chi connectivity index (χ4n) is 1.98. The van der Waals surface area contributed by atoms with Gasteiger partial charge >= 0.3 is 5.97 Å². The summed E-state index contributed by atoms with van der Waals surface area (Å²) >= 11 is 0. The van der Waals surface area contributed by atoms with E-state index in [1.807, 2.05) is 13.8 Å². The predicted octanol–water partition coefficient (Wildman–Crippen LogP) is 1.20. The van der Waals surface area contributed by atoms with Crippen molar-refractivity contribution in [1.29, 1.82) is 0 Å². The molecule has 0 radical (unpaired) electrons. The molecule has 8 nitrogen and oxygen atoms in total. The van der Waals surface area contributed by atoms with E-state index in [-0.39, 0.29) is 12.3 Å². The molecule has 0 spiro atoms. The Bertz CT molecular complexity index is 674. The van der Waals surface area contributed by atoms with E-state index >= 15 is 0 Å². The Labute approximate surface area is 127 Å². The number of esters is 1. The van der Waals surface area contributed by atoms with Gasteiger partial charge in [0.1, 0.15) is 5.82 Å². The highest BCUT2D eigenvalue weighted by atomic mass is 16.5. The summed E-state index contributed by atoms with van der Waals surface area (Å²) in [6.45, 7) is 3.48. The lowest BCUT2D eigenvalue weighted by atomic mass is 10.2. The molecule has 118 valence electrons. The first-order valence-corrected chi connectivity index (χ1v) is 7.01. The molecule has 0 bridgehead atoms. The second-order valence-corrected chi connectivity index (χ2v) is 4.95. The zero-order valence-corrected chi connectivity index (χ0v) is 12.8. The van der Waals surface area contributed by atoms with E-state index in [2.05, 4.69) is 20.6 Å². The molecule has 0 aromatic carbocycles. The summed E-state index contributed by atoms with van der Waals surface area (Å²) in [5.41, 5.74) is 1.83. The molecule has 2 N–H and O–H groups in total. The maximum Gasteiger partial charge on any atom is 0.359 e. The van der Waals surface area contributed by atoms with Crippen molar-refractivity contribution in [3.8, 4) is 0 Å². The number of nitrogens with one attached hydrogen (secondary N) is 2. The van der Waals surface area contributed by atoms with Crippen LogP contribution >= 0.6 is 0 Å². The Morgan fingerprint density at radius 1 is 1.41 bits per heavy atom. The molecule has 0 aliphatic heterocycles. The van der Waals surface area contributed by atoms with E-state index in [9.17, 15) is 9.59 Å². The summed E-state index contributed by atoms with van der Waals surface area (Å²) in [6, 6.07) is 3.36. The zero-order chi connectivity index (χ0) is 16.1. The van der Waals surface area contributed by atoms with Crippen LogP contribution in [0.25, 0.3) is 0 Å². The summed E-state index contributed by atoms with van der Waals surface area (Å²) in [4.78, 5) is 23.5. The SMILES string of the molecule is CCCc1cc(C(=O)OCC(=O)Nc2cc(C)nn2C)n[nH]1. The van der Waals surface area contributed by atoms with Gasteiger partial charge in [0.2, 0.25) is 0 Å². The maximum atomic E-state index is 11.8. The van der Waals surface area contributed by atoms with Crippen molar-refractivity contribution >= 4 is 17.7 Å². The van der Waals surface area contributed by atoms with Crippen LogP contribution in [0.5, 0.6) is 0 Å². The summed E-state index contributed by atoms with van der Waals surface area (Å²) < 4.78 is 6.48. The summed E-state index contributed by atoms with van der Waals surface area (Å²) in [5, 5.41) is 13.4. The predicted molar refractivity (Wildman–Crippen MR) is 79.4 cm³/mol. The average molecular weight is 305 g/mol. The van der Waals surface area contributed by atoms with Gasteiger partial charge in [-0.2, -0.15) is 10.2 Å². The number of rotatable bonds is 6. The van der Waals surface area contributed by atoms with Crippen molar-refractivity contribution < 1.29 is 14.3 Å². The van der Waals surface area contributed by atoms with Gasteiger partial charge in [-0.1, -0.05) is 13.3 Å². The highest BCUT2D eigenvalue weighted by Gasteiger charge is 2.14. The van der Waals surface area contributed by atoms with Gasteiger partial charge in [-0.05, 0) is 19.4 Å². The van der Waals surface area contributed by atoms with Gasteiger partial charge in [-0.15, -0.1) is 0 Å². The molecule has 0 unspecified atom stereocenters. The number of H-pyrrole nitrogens is 1. The monoisotopic (exact) mass is 305 g/mol. The molecular weight excluding hydrogens is 286 g/mol. The Balaban J connectivity index is 1.84. The average Bonchev–Trinajstić information content (AvgIpc) is 3.04. The zero-order valence-electron chi connectivity index (χ0n) is 12.8. The second-order valence-electron chi connectivity index (χ2n) is 4.95. The molecule has 2 aromatic heterocycles. The lowest BCUT2D eigenvalue weighted by molar-refractivity contribution is -0.119. The normalized spacial score (nSPS) is 10.5. The number of amides is 1. The van der Waals surface area contributed by atoms with Crippen molar-refractivity contribution in [2.24, 2.45) is 7.05 Å².